The SMILES string of the molecule is CC1C[C@@H]2[C@@H](CC[C@@]3(C)[C@H]2CCC3(C)O)[C@]2(C=O)C1=CC(=O)CC2C. The molecule has 0 amide bonds. The Kier molecular flexibility index (Phi) is 3.69. The Morgan fingerprint density at radius 1 is 1.16 bits per heavy atom. The summed E-state index contributed by atoms with van der Waals surface area (Å²) in [7, 11) is 0. The molecule has 0 aromatic carbocycles. The van der Waals surface area contributed by atoms with Crippen LogP contribution in [0.3, 0.4) is 0 Å². The highest BCUT2D eigenvalue weighted by molar-refractivity contribution is 5.94. The lowest BCUT2D eigenvalue weighted by Crippen LogP contribution is -2.58. The Morgan fingerprint density at radius 3 is 2.52 bits per heavy atom. The highest BCUT2D eigenvalue weighted by Crippen LogP contribution is 2.68. The average Bonchev–Trinajstić information content (AvgIpc) is 2.78. The summed E-state index contributed by atoms with van der Waals surface area (Å²) in [6, 6.07) is 0. The van der Waals surface area contributed by atoms with Crippen molar-refractivity contribution in [2.75, 3.05) is 0 Å². The fourth-order valence-corrected chi connectivity index (χ4v) is 7.52. The fourth-order valence-electron chi connectivity index (χ4n) is 7.52. The molecular weight excluding hydrogens is 312 g/mol. The number of fused-ring (bicyclic) bond motifs is 5. The van der Waals surface area contributed by atoms with E-state index in [1.165, 1.54) is 6.29 Å². The van der Waals surface area contributed by atoms with Crippen LogP contribution < -0.4 is 0 Å². The first-order chi connectivity index (χ1) is 11.7. The van der Waals surface area contributed by atoms with Crippen LogP contribution in [0.4, 0.5) is 0 Å². The molecule has 3 nitrogen and oxygen atoms in total. The molecule has 8 atom stereocenters. The van der Waals surface area contributed by atoms with Crippen LogP contribution in [0.1, 0.15) is 66.2 Å². The van der Waals surface area contributed by atoms with Crippen molar-refractivity contribution in [1.29, 1.82) is 0 Å². The molecule has 0 saturated heterocycles. The van der Waals surface area contributed by atoms with Crippen LogP contribution in [0, 0.1) is 40.4 Å². The summed E-state index contributed by atoms with van der Waals surface area (Å²) in [5.41, 5.74) is 0.0320. The van der Waals surface area contributed by atoms with Crippen molar-refractivity contribution >= 4 is 12.1 Å². The number of aliphatic hydroxyl groups is 1. The van der Waals surface area contributed by atoms with Gasteiger partial charge in [0.05, 0.1) is 11.0 Å². The summed E-state index contributed by atoms with van der Waals surface area (Å²) in [6.07, 6.45) is 8.50. The zero-order valence-corrected chi connectivity index (χ0v) is 16.0. The quantitative estimate of drug-likeness (QED) is 0.733. The van der Waals surface area contributed by atoms with Crippen LogP contribution in [-0.2, 0) is 9.59 Å². The molecule has 0 bridgehead atoms. The molecule has 0 aromatic heterocycles. The van der Waals surface area contributed by atoms with Gasteiger partial charge < -0.3 is 9.90 Å². The Morgan fingerprint density at radius 2 is 1.84 bits per heavy atom. The molecule has 0 heterocycles. The van der Waals surface area contributed by atoms with Crippen LogP contribution in [0.25, 0.3) is 0 Å². The van der Waals surface area contributed by atoms with Crippen LogP contribution in [0.5, 0.6) is 0 Å². The summed E-state index contributed by atoms with van der Waals surface area (Å²) < 4.78 is 0. The molecule has 1 N–H and O–H groups in total. The molecule has 3 saturated carbocycles. The van der Waals surface area contributed by atoms with E-state index in [0.717, 1.165) is 37.7 Å². The number of rotatable bonds is 1. The van der Waals surface area contributed by atoms with Crippen LogP contribution in [0.2, 0.25) is 0 Å². The second kappa shape index (κ2) is 5.28. The van der Waals surface area contributed by atoms with Crippen molar-refractivity contribution in [3.8, 4) is 0 Å². The normalized spacial score (nSPS) is 55.0. The molecule has 138 valence electrons. The Bertz CT molecular complexity index is 648. The molecule has 0 aliphatic heterocycles. The highest BCUT2D eigenvalue weighted by Gasteiger charge is 2.65. The Balaban J connectivity index is 1.81. The minimum absolute atomic E-state index is 0.0348. The van der Waals surface area contributed by atoms with Crippen molar-refractivity contribution in [3.05, 3.63) is 11.6 Å². The van der Waals surface area contributed by atoms with Crippen LogP contribution >= 0.6 is 0 Å². The molecule has 4 aliphatic carbocycles. The molecule has 4 aliphatic rings. The van der Waals surface area contributed by atoms with Crippen molar-refractivity contribution < 1.29 is 14.7 Å². The average molecular weight is 344 g/mol. The third-order valence-electron chi connectivity index (χ3n) is 9.10. The van der Waals surface area contributed by atoms with Gasteiger partial charge in [0.1, 0.15) is 6.29 Å². The zero-order chi connectivity index (χ0) is 18.2. The van der Waals surface area contributed by atoms with Gasteiger partial charge in [-0.1, -0.05) is 26.3 Å². The first kappa shape index (κ1) is 17.5. The summed E-state index contributed by atoms with van der Waals surface area (Å²) in [5.74, 6) is 1.88. The van der Waals surface area contributed by atoms with E-state index in [0.29, 0.717) is 24.2 Å². The highest BCUT2D eigenvalue weighted by atomic mass is 16.3. The van der Waals surface area contributed by atoms with Gasteiger partial charge in [-0.05, 0) is 80.1 Å². The molecule has 25 heavy (non-hydrogen) atoms. The van der Waals surface area contributed by atoms with Crippen molar-refractivity contribution in [2.45, 2.75) is 71.8 Å². The number of allylic oxidation sites excluding steroid dienone is 1. The topological polar surface area (TPSA) is 54.4 Å². The van der Waals surface area contributed by atoms with Gasteiger partial charge in [-0.15, -0.1) is 0 Å². The number of hydrogen-bond acceptors (Lipinski definition) is 3. The lowest BCUT2D eigenvalue weighted by atomic mass is 9.43. The third kappa shape index (κ3) is 2.02. The van der Waals surface area contributed by atoms with Gasteiger partial charge in [0.25, 0.3) is 0 Å². The van der Waals surface area contributed by atoms with Gasteiger partial charge in [0, 0.05) is 6.42 Å². The maximum absolute atomic E-state index is 12.5. The van der Waals surface area contributed by atoms with Gasteiger partial charge in [-0.3, -0.25) is 4.79 Å². The van der Waals surface area contributed by atoms with E-state index in [9.17, 15) is 14.7 Å². The van der Waals surface area contributed by atoms with Crippen molar-refractivity contribution in [1.82, 2.24) is 0 Å². The summed E-state index contributed by atoms with van der Waals surface area (Å²) in [6.45, 7) is 8.60. The Hall–Kier alpha value is -0.960. The second-order valence-electron chi connectivity index (χ2n) is 10.0. The smallest absolute Gasteiger partial charge is 0.156 e. The van der Waals surface area contributed by atoms with Gasteiger partial charge in [0.15, 0.2) is 5.78 Å². The van der Waals surface area contributed by atoms with Crippen LogP contribution in [0.15, 0.2) is 11.6 Å². The zero-order valence-electron chi connectivity index (χ0n) is 16.0. The largest absolute Gasteiger partial charge is 0.390 e. The van der Waals surface area contributed by atoms with E-state index < -0.39 is 11.0 Å². The number of aldehydes is 1. The van der Waals surface area contributed by atoms with Crippen molar-refractivity contribution in [3.63, 3.8) is 0 Å². The van der Waals surface area contributed by atoms with E-state index >= 15 is 0 Å². The molecule has 3 fully saturated rings. The number of carbonyl (C=O) groups is 2. The monoisotopic (exact) mass is 344 g/mol. The van der Waals surface area contributed by atoms with E-state index in [1.807, 2.05) is 13.0 Å². The predicted molar refractivity (Wildman–Crippen MR) is 96.8 cm³/mol. The predicted octanol–water partition coefficient (Wildman–Crippen LogP) is 3.94. The van der Waals surface area contributed by atoms with Gasteiger partial charge in [-0.25, -0.2) is 0 Å². The maximum Gasteiger partial charge on any atom is 0.156 e. The van der Waals surface area contributed by atoms with Crippen molar-refractivity contribution in [2.24, 2.45) is 40.4 Å². The molecule has 0 radical (unpaired) electrons. The summed E-state index contributed by atoms with van der Waals surface area (Å²) >= 11 is 0. The molecule has 3 heteroatoms. The fraction of sp³-hybridized carbons (Fsp3) is 0.818. The summed E-state index contributed by atoms with van der Waals surface area (Å²) in [4.78, 5) is 24.7. The molecule has 4 rings (SSSR count). The van der Waals surface area contributed by atoms with Gasteiger partial charge in [0.2, 0.25) is 0 Å². The van der Waals surface area contributed by atoms with Crippen LogP contribution in [-0.4, -0.2) is 22.8 Å². The van der Waals surface area contributed by atoms with E-state index in [-0.39, 0.29) is 23.0 Å². The lowest BCUT2D eigenvalue weighted by molar-refractivity contribution is -0.146. The number of carbonyl (C=O) groups excluding carboxylic acids is 2. The van der Waals surface area contributed by atoms with E-state index in [1.54, 1.807) is 0 Å². The lowest BCUT2D eigenvalue weighted by Gasteiger charge is -2.60. The molecule has 0 aromatic rings. The van der Waals surface area contributed by atoms with Gasteiger partial charge >= 0.3 is 0 Å². The Labute approximate surface area is 151 Å². The molecule has 0 spiro atoms. The van der Waals surface area contributed by atoms with Gasteiger partial charge in [-0.2, -0.15) is 0 Å². The number of hydrogen-bond donors (Lipinski definition) is 1. The summed E-state index contributed by atoms with van der Waals surface area (Å²) in [5, 5.41) is 11.0. The van der Waals surface area contributed by atoms with E-state index in [4.69, 9.17) is 0 Å². The minimum atomic E-state index is -0.593. The van der Waals surface area contributed by atoms with E-state index in [2.05, 4.69) is 20.8 Å². The molecule has 3 unspecified atom stereocenters. The molecular formula is C22H32O3. The maximum atomic E-state index is 12.5. The minimum Gasteiger partial charge on any atom is -0.390 e. The standard InChI is InChI=1S/C22H32O3/c1-13-9-16-17-6-8-21(4,25)20(17,3)7-5-18(16)22(12-23)14(2)10-15(24)11-19(13)22/h11-14,16-18,25H,5-10H2,1-4H3/t13?,14?,16-,17-,18+,20-,21?,22+/m0/s1. The number of ketones is 1. The first-order valence-electron chi connectivity index (χ1n) is 10.1. The second-order valence-corrected chi connectivity index (χ2v) is 10.0. The first-order valence-corrected chi connectivity index (χ1v) is 10.1. The third-order valence-corrected chi connectivity index (χ3v) is 9.10.